The largest absolute Gasteiger partial charge is 0.469 e. The van der Waals surface area contributed by atoms with Gasteiger partial charge in [0.05, 0.1) is 25.3 Å². The minimum atomic E-state index is -2.27. The van der Waals surface area contributed by atoms with Crippen LogP contribution < -0.4 is 5.32 Å². The number of aromatic nitrogens is 2. The van der Waals surface area contributed by atoms with E-state index in [9.17, 15) is 18.8 Å². The van der Waals surface area contributed by atoms with Gasteiger partial charge >= 0.3 is 5.97 Å². The molecule has 3 rings (SSSR count). The van der Waals surface area contributed by atoms with E-state index in [1.165, 1.54) is 19.2 Å². The third kappa shape index (κ3) is 9.19. The van der Waals surface area contributed by atoms with Crippen molar-refractivity contribution in [2.24, 2.45) is 0 Å². The monoisotopic (exact) mass is 623 g/mol. The minimum Gasteiger partial charge on any atom is -0.469 e. The van der Waals surface area contributed by atoms with Gasteiger partial charge in [0.2, 0.25) is 0 Å². The van der Waals surface area contributed by atoms with Crippen molar-refractivity contribution in [3.05, 3.63) is 77.5 Å². The minimum absolute atomic E-state index is 0.00869. The van der Waals surface area contributed by atoms with Gasteiger partial charge in [0.15, 0.2) is 14.1 Å². The Hall–Kier alpha value is -3.63. The van der Waals surface area contributed by atoms with Gasteiger partial charge in [-0.15, -0.1) is 0 Å². The van der Waals surface area contributed by atoms with E-state index in [0.29, 0.717) is 29.9 Å². The Morgan fingerprint density at radius 1 is 1.00 bits per heavy atom. The first-order valence-electron chi connectivity index (χ1n) is 15.1. The van der Waals surface area contributed by atoms with E-state index in [-0.39, 0.29) is 53.7 Å². The summed E-state index contributed by atoms with van der Waals surface area (Å²) in [6.07, 6.45) is -0.0927. The number of amides is 1. The van der Waals surface area contributed by atoms with Crippen molar-refractivity contribution >= 4 is 26.0 Å². The number of esters is 1. The average molecular weight is 624 g/mol. The van der Waals surface area contributed by atoms with Crippen LogP contribution in [0.15, 0.2) is 54.6 Å². The van der Waals surface area contributed by atoms with Crippen LogP contribution in [-0.4, -0.2) is 48.7 Å². The zero-order valence-corrected chi connectivity index (χ0v) is 28.2. The molecule has 1 amide bonds. The van der Waals surface area contributed by atoms with E-state index in [1.807, 2.05) is 48.7 Å². The average Bonchev–Trinajstić information content (AvgIpc) is 3.34. The van der Waals surface area contributed by atoms with Crippen molar-refractivity contribution in [2.45, 2.75) is 97.1 Å². The fraction of sp³-hybridized carbons (Fsp3) is 0.471. The second-order valence-corrected chi connectivity index (χ2v) is 17.6. The molecule has 0 radical (unpaired) electrons. The molecular weight excluding hydrogens is 577 g/mol. The molecule has 0 aliphatic heterocycles. The first kappa shape index (κ1) is 34.9. The third-order valence-corrected chi connectivity index (χ3v) is 12.7. The highest BCUT2D eigenvalue weighted by Gasteiger charge is 2.40. The van der Waals surface area contributed by atoms with Crippen LogP contribution in [0.25, 0.3) is 11.3 Å². The second-order valence-electron chi connectivity index (χ2n) is 12.9. The number of carbonyl (C=O) groups is 3. The molecule has 238 valence electrons. The van der Waals surface area contributed by atoms with Crippen LogP contribution in [0.1, 0.15) is 81.8 Å². The molecule has 0 spiro atoms. The molecule has 2 aromatic carbocycles. The Labute approximate surface area is 261 Å². The van der Waals surface area contributed by atoms with Crippen molar-refractivity contribution in [2.75, 3.05) is 7.11 Å². The highest BCUT2D eigenvalue weighted by atomic mass is 28.4. The molecule has 1 N–H and O–H groups in total. The van der Waals surface area contributed by atoms with Gasteiger partial charge in [0.25, 0.3) is 5.91 Å². The van der Waals surface area contributed by atoms with Gasteiger partial charge in [-0.25, -0.2) is 9.37 Å². The highest BCUT2D eigenvalue weighted by molar-refractivity contribution is 6.74. The maximum atomic E-state index is 13.8. The lowest BCUT2D eigenvalue weighted by Crippen LogP contribution is -2.45. The predicted octanol–water partition coefficient (Wildman–Crippen LogP) is 7.05. The summed E-state index contributed by atoms with van der Waals surface area (Å²) in [5.41, 5.74) is 2.84. The topological polar surface area (TPSA) is 99.5 Å². The Bertz CT molecular complexity index is 1430. The summed E-state index contributed by atoms with van der Waals surface area (Å²) < 4.78 is 27.0. The molecule has 10 heteroatoms. The van der Waals surface area contributed by atoms with E-state index in [1.54, 1.807) is 12.1 Å². The lowest BCUT2D eigenvalue weighted by molar-refractivity contribution is -0.142. The first-order chi connectivity index (χ1) is 20.6. The molecule has 1 atom stereocenters. The number of halogens is 1. The molecule has 3 aromatic rings. The number of Topliss-reactive ketones (excluding diaryl/α,β-unsaturated/α-hetero) is 1. The van der Waals surface area contributed by atoms with Crippen molar-refractivity contribution in [1.82, 2.24) is 14.9 Å². The van der Waals surface area contributed by atoms with Crippen molar-refractivity contribution in [1.29, 1.82) is 0 Å². The number of benzene rings is 2. The van der Waals surface area contributed by atoms with E-state index in [0.717, 1.165) is 5.56 Å². The summed E-state index contributed by atoms with van der Waals surface area (Å²) in [6, 6.07) is 15.4. The molecule has 0 bridgehead atoms. The zero-order valence-electron chi connectivity index (χ0n) is 27.2. The summed E-state index contributed by atoms with van der Waals surface area (Å²) in [7, 11) is -0.949. The van der Waals surface area contributed by atoms with Crippen LogP contribution in [0, 0.1) is 5.82 Å². The molecule has 1 unspecified atom stereocenters. The zero-order chi connectivity index (χ0) is 32.7. The van der Waals surface area contributed by atoms with Gasteiger partial charge in [-0.1, -0.05) is 51.1 Å². The summed E-state index contributed by atoms with van der Waals surface area (Å²) in [5, 5.41) is 2.85. The number of hydrogen-bond acceptors (Lipinski definition) is 6. The molecule has 0 saturated heterocycles. The van der Waals surface area contributed by atoms with Gasteiger partial charge in [0.1, 0.15) is 11.6 Å². The molecule has 1 heterocycles. The second kappa shape index (κ2) is 14.9. The lowest BCUT2D eigenvalue weighted by atomic mass is 10.0. The molecular formula is C34H46FN3O5Si. The van der Waals surface area contributed by atoms with Gasteiger partial charge in [-0.3, -0.25) is 14.4 Å². The van der Waals surface area contributed by atoms with Crippen molar-refractivity contribution < 1.29 is 27.9 Å². The highest BCUT2D eigenvalue weighted by Crippen LogP contribution is 2.38. The molecule has 44 heavy (non-hydrogen) atoms. The normalized spacial score (nSPS) is 12.7. The van der Waals surface area contributed by atoms with Gasteiger partial charge in [-0.2, -0.15) is 0 Å². The third-order valence-electron chi connectivity index (χ3n) is 8.13. The quantitative estimate of drug-likeness (QED) is 0.153. The smallest absolute Gasteiger partial charge is 0.308 e. The number of ketones is 1. The van der Waals surface area contributed by atoms with Crippen LogP contribution in [0.3, 0.4) is 0 Å². The molecule has 0 saturated carbocycles. The molecule has 0 fully saturated rings. The molecule has 0 aliphatic carbocycles. The predicted molar refractivity (Wildman–Crippen MR) is 172 cm³/mol. The fourth-order valence-electron chi connectivity index (χ4n) is 4.75. The maximum absolute atomic E-state index is 13.8. The van der Waals surface area contributed by atoms with Crippen molar-refractivity contribution in [3.8, 4) is 11.3 Å². The Kier molecular flexibility index (Phi) is 11.8. The molecule has 8 nitrogen and oxygen atoms in total. The number of methoxy groups -OCH3 is 1. The van der Waals surface area contributed by atoms with Crippen LogP contribution >= 0.6 is 0 Å². The number of nitrogens with one attached hydrogen (secondary N) is 1. The van der Waals surface area contributed by atoms with Gasteiger partial charge in [-0.05, 0) is 68.2 Å². The van der Waals surface area contributed by atoms with Crippen LogP contribution in [-0.2, 0) is 31.7 Å². The van der Waals surface area contributed by atoms with Crippen molar-refractivity contribution in [3.63, 3.8) is 0 Å². The van der Waals surface area contributed by atoms with Crippen LogP contribution in [0.2, 0.25) is 18.1 Å². The first-order valence-corrected chi connectivity index (χ1v) is 18.0. The summed E-state index contributed by atoms with van der Waals surface area (Å²) in [6.45, 7) is 14.7. The van der Waals surface area contributed by atoms with E-state index >= 15 is 0 Å². The maximum Gasteiger partial charge on any atom is 0.308 e. The van der Waals surface area contributed by atoms with E-state index < -0.39 is 20.4 Å². The SMILES string of the molecule is COC(=O)CC(CC(=O)CCc1c(-c2ccc(F)cc2)nc(C(=O)NCc2ccccc2)n1C(C)C)O[Si](C)(C)C(C)(C)C. The number of hydrogen-bond donors (Lipinski definition) is 1. The number of carbonyl (C=O) groups excluding carboxylic acids is 3. The van der Waals surface area contributed by atoms with Gasteiger partial charge < -0.3 is 19.0 Å². The number of ether oxygens (including phenoxy) is 1. The van der Waals surface area contributed by atoms with Crippen LogP contribution in [0.5, 0.6) is 0 Å². The Morgan fingerprint density at radius 2 is 1.64 bits per heavy atom. The summed E-state index contributed by atoms with van der Waals surface area (Å²) >= 11 is 0. The molecule has 0 aliphatic rings. The van der Waals surface area contributed by atoms with Gasteiger partial charge in [0, 0.05) is 36.7 Å². The molecule has 1 aromatic heterocycles. The number of imidazole rings is 1. The van der Waals surface area contributed by atoms with E-state index in [4.69, 9.17) is 14.1 Å². The Balaban J connectivity index is 1.90. The van der Waals surface area contributed by atoms with E-state index in [2.05, 4.69) is 39.2 Å². The standard InChI is InChI=1S/C34H46FN3O5Si/c1-23(2)38-29(19-18-27(39)20-28(21-30(40)42-6)43-44(7,8)34(3,4)5)31(25-14-16-26(35)17-15-25)37-32(38)33(41)36-22-24-12-10-9-11-13-24/h9-17,23,28H,18-22H2,1-8H3,(H,36,41). The summed E-state index contributed by atoms with van der Waals surface area (Å²) in [4.78, 5) is 43.8. The fourth-order valence-corrected chi connectivity index (χ4v) is 6.10. The Morgan fingerprint density at radius 3 is 2.20 bits per heavy atom. The number of rotatable bonds is 14. The number of nitrogens with zero attached hydrogens (tertiary/aromatic N) is 2. The van der Waals surface area contributed by atoms with Crippen LogP contribution in [0.4, 0.5) is 4.39 Å². The lowest BCUT2D eigenvalue weighted by Gasteiger charge is -2.39. The summed E-state index contributed by atoms with van der Waals surface area (Å²) in [5.74, 6) is -1.00.